The van der Waals surface area contributed by atoms with Crippen molar-refractivity contribution < 1.29 is 9.59 Å². The summed E-state index contributed by atoms with van der Waals surface area (Å²) in [6.07, 6.45) is 1.70. The minimum atomic E-state index is 0.0412. The summed E-state index contributed by atoms with van der Waals surface area (Å²) in [5, 5.41) is 3.00. The van der Waals surface area contributed by atoms with Crippen molar-refractivity contribution in [1.82, 2.24) is 15.1 Å². The lowest BCUT2D eigenvalue weighted by atomic mass is 10.1. The van der Waals surface area contributed by atoms with E-state index in [-0.39, 0.29) is 11.8 Å². The van der Waals surface area contributed by atoms with Gasteiger partial charge in [0.05, 0.1) is 16.5 Å². The molecule has 1 N–H and O–H groups in total. The number of carbonyl (C=O) groups excluding carboxylic acids is 2. The Kier molecular flexibility index (Phi) is 9.52. The third kappa shape index (κ3) is 8.09. The van der Waals surface area contributed by atoms with Gasteiger partial charge in [0.2, 0.25) is 11.8 Å². The van der Waals surface area contributed by atoms with Crippen LogP contribution in [0.2, 0.25) is 0 Å². The molecule has 31 heavy (non-hydrogen) atoms. The maximum absolute atomic E-state index is 12.6. The molecule has 0 aromatic heterocycles. The molecule has 0 saturated carbocycles. The van der Waals surface area contributed by atoms with Crippen molar-refractivity contribution in [2.75, 3.05) is 45.0 Å². The van der Waals surface area contributed by atoms with Crippen LogP contribution in [0.4, 0.5) is 0 Å². The largest absolute Gasteiger partial charge is 0.355 e. The number of amides is 2. The lowest BCUT2D eigenvalue weighted by Crippen LogP contribution is -2.40. The highest BCUT2D eigenvalue weighted by atomic mass is 32.2. The number of hydrogen-bond donors (Lipinski definition) is 1. The predicted molar refractivity (Wildman–Crippen MR) is 131 cm³/mol. The molecule has 0 unspecified atom stereocenters. The smallest absolute Gasteiger partial charge is 0.234 e. The Balaban J connectivity index is 1.35. The third-order valence-corrected chi connectivity index (χ3v) is 6.70. The Hall–Kier alpha value is -2.22. The summed E-state index contributed by atoms with van der Waals surface area (Å²) in [6, 6.07) is 19.9. The van der Waals surface area contributed by atoms with Gasteiger partial charge in [-0.25, -0.2) is 0 Å². The molecule has 1 saturated heterocycles. The van der Waals surface area contributed by atoms with Crippen LogP contribution in [-0.4, -0.2) is 70.8 Å². The molecule has 0 aliphatic carbocycles. The van der Waals surface area contributed by atoms with Crippen molar-refractivity contribution in [1.29, 1.82) is 0 Å². The summed E-state index contributed by atoms with van der Waals surface area (Å²) in [6.45, 7) is 3.93. The van der Waals surface area contributed by atoms with Crippen LogP contribution >= 0.6 is 24.0 Å². The molecule has 2 amide bonds. The first-order valence-electron chi connectivity index (χ1n) is 10.6. The second-order valence-electron chi connectivity index (χ2n) is 7.54. The Morgan fingerprint density at radius 1 is 0.935 bits per heavy atom. The summed E-state index contributed by atoms with van der Waals surface area (Å²) in [7, 11) is 0. The van der Waals surface area contributed by atoms with Crippen LogP contribution in [0.5, 0.6) is 0 Å². The van der Waals surface area contributed by atoms with Gasteiger partial charge < -0.3 is 10.2 Å². The highest BCUT2D eigenvalue weighted by Gasteiger charge is 2.20. The first-order chi connectivity index (χ1) is 15.1. The lowest BCUT2D eigenvalue weighted by molar-refractivity contribution is -0.128. The Labute approximate surface area is 194 Å². The number of rotatable bonds is 8. The standard InChI is InChI=1S/C24H29N3O2S2/c28-22(25-13-12-20-8-3-1-4-9-20)18-26-14-7-15-27(17-16-26)23(29)19-31-24(30)21-10-5-2-6-11-21/h1-6,8-11H,7,12-19H2,(H,25,28). The second-order valence-corrected chi connectivity index (χ2v) is 9.19. The van der Waals surface area contributed by atoms with E-state index in [4.69, 9.17) is 12.2 Å². The highest BCUT2D eigenvalue weighted by Crippen LogP contribution is 2.15. The van der Waals surface area contributed by atoms with Crippen LogP contribution in [0.3, 0.4) is 0 Å². The van der Waals surface area contributed by atoms with Gasteiger partial charge in [0.25, 0.3) is 0 Å². The van der Waals surface area contributed by atoms with Crippen molar-refractivity contribution in [3.8, 4) is 0 Å². The SMILES string of the molecule is O=C(CN1CCCN(C(=O)CSC(=S)c2ccccc2)CC1)NCCc1ccccc1. The molecule has 7 heteroatoms. The minimum Gasteiger partial charge on any atom is -0.355 e. The van der Waals surface area contributed by atoms with Gasteiger partial charge in [-0.1, -0.05) is 72.9 Å². The van der Waals surface area contributed by atoms with E-state index in [1.54, 1.807) is 0 Å². The fraction of sp³-hybridized carbons (Fsp3) is 0.375. The number of benzene rings is 2. The number of carbonyl (C=O) groups is 2. The molecule has 1 aliphatic heterocycles. The summed E-state index contributed by atoms with van der Waals surface area (Å²) < 4.78 is 0.748. The molecule has 1 fully saturated rings. The molecule has 0 spiro atoms. The van der Waals surface area contributed by atoms with E-state index in [1.807, 2.05) is 53.4 Å². The van der Waals surface area contributed by atoms with Gasteiger partial charge in [0, 0.05) is 32.7 Å². The number of hydrogen-bond acceptors (Lipinski definition) is 5. The van der Waals surface area contributed by atoms with E-state index in [1.165, 1.54) is 17.3 Å². The fourth-order valence-electron chi connectivity index (χ4n) is 3.50. The van der Waals surface area contributed by atoms with Gasteiger partial charge in [-0.2, -0.15) is 0 Å². The van der Waals surface area contributed by atoms with Crippen molar-refractivity contribution in [3.63, 3.8) is 0 Å². The number of thiocarbonyl (C=S) groups is 1. The van der Waals surface area contributed by atoms with E-state index in [0.29, 0.717) is 31.9 Å². The average molecular weight is 456 g/mol. The molecule has 3 rings (SSSR count). The molecule has 1 heterocycles. The van der Waals surface area contributed by atoms with Gasteiger partial charge in [-0.15, -0.1) is 11.8 Å². The van der Waals surface area contributed by atoms with Crippen molar-refractivity contribution in [2.24, 2.45) is 0 Å². The van der Waals surface area contributed by atoms with Gasteiger partial charge >= 0.3 is 0 Å². The summed E-state index contributed by atoms with van der Waals surface area (Å²) >= 11 is 6.86. The Morgan fingerprint density at radius 3 is 2.39 bits per heavy atom. The quantitative estimate of drug-likeness (QED) is 0.620. The predicted octanol–water partition coefficient (Wildman–Crippen LogP) is 2.99. The van der Waals surface area contributed by atoms with E-state index in [9.17, 15) is 9.59 Å². The molecule has 5 nitrogen and oxygen atoms in total. The molecular weight excluding hydrogens is 426 g/mol. The topological polar surface area (TPSA) is 52.7 Å². The van der Waals surface area contributed by atoms with Crippen LogP contribution in [0.25, 0.3) is 0 Å². The molecule has 1 aliphatic rings. The van der Waals surface area contributed by atoms with E-state index in [2.05, 4.69) is 22.3 Å². The number of nitrogens with zero attached hydrogens (tertiary/aromatic N) is 2. The van der Waals surface area contributed by atoms with Gasteiger partial charge in [0.1, 0.15) is 0 Å². The minimum absolute atomic E-state index is 0.0412. The molecular formula is C24H29N3O2S2. The van der Waals surface area contributed by atoms with Crippen LogP contribution in [0, 0.1) is 0 Å². The van der Waals surface area contributed by atoms with Crippen LogP contribution < -0.4 is 5.32 Å². The summed E-state index contributed by atoms with van der Waals surface area (Å²) in [5.74, 6) is 0.505. The second kappa shape index (κ2) is 12.6. The van der Waals surface area contributed by atoms with Gasteiger partial charge in [-0.05, 0) is 24.0 Å². The first-order valence-corrected chi connectivity index (χ1v) is 12.0. The monoisotopic (exact) mass is 455 g/mol. The first kappa shape index (κ1) is 23.4. The van der Waals surface area contributed by atoms with E-state index in [0.717, 1.165) is 35.7 Å². The normalized spacial score (nSPS) is 14.6. The molecule has 0 atom stereocenters. The van der Waals surface area contributed by atoms with Gasteiger partial charge in [-0.3, -0.25) is 14.5 Å². The van der Waals surface area contributed by atoms with Crippen LogP contribution in [-0.2, 0) is 16.0 Å². The number of nitrogens with one attached hydrogen (secondary N) is 1. The highest BCUT2D eigenvalue weighted by molar-refractivity contribution is 8.24. The average Bonchev–Trinajstić information content (AvgIpc) is 3.04. The Morgan fingerprint density at radius 2 is 1.65 bits per heavy atom. The molecule has 164 valence electrons. The fourth-order valence-corrected chi connectivity index (χ4v) is 4.56. The zero-order valence-electron chi connectivity index (χ0n) is 17.7. The lowest BCUT2D eigenvalue weighted by Gasteiger charge is -2.21. The van der Waals surface area contributed by atoms with Crippen molar-refractivity contribution in [2.45, 2.75) is 12.8 Å². The van der Waals surface area contributed by atoms with E-state index >= 15 is 0 Å². The molecule has 2 aromatic rings. The van der Waals surface area contributed by atoms with Gasteiger partial charge in [0.15, 0.2) is 0 Å². The third-order valence-electron chi connectivity index (χ3n) is 5.22. The number of thioether (sulfide) groups is 1. The van der Waals surface area contributed by atoms with Crippen LogP contribution in [0.1, 0.15) is 17.5 Å². The van der Waals surface area contributed by atoms with Crippen LogP contribution in [0.15, 0.2) is 60.7 Å². The summed E-state index contributed by atoms with van der Waals surface area (Å²) in [5.41, 5.74) is 2.20. The maximum atomic E-state index is 12.6. The summed E-state index contributed by atoms with van der Waals surface area (Å²) in [4.78, 5) is 29.0. The zero-order chi connectivity index (χ0) is 21.9. The zero-order valence-corrected chi connectivity index (χ0v) is 19.3. The van der Waals surface area contributed by atoms with Crippen molar-refractivity contribution in [3.05, 3.63) is 71.8 Å². The Bertz CT molecular complexity index is 862. The molecule has 0 radical (unpaired) electrons. The van der Waals surface area contributed by atoms with Crippen molar-refractivity contribution >= 4 is 40.0 Å². The molecule has 2 aromatic carbocycles. The maximum Gasteiger partial charge on any atom is 0.234 e. The molecule has 0 bridgehead atoms. The van der Waals surface area contributed by atoms with E-state index < -0.39 is 0 Å².